The SMILES string of the molecule is O=C(c1coc2ccccc12)N1CCC(CBr)C1. The quantitative estimate of drug-likeness (QED) is 0.798. The lowest BCUT2D eigenvalue weighted by atomic mass is 10.1. The van der Waals surface area contributed by atoms with Crippen molar-refractivity contribution in [3.05, 3.63) is 36.1 Å². The number of fused-ring (bicyclic) bond motifs is 1. The van der Waals surface area contributed by atoms with Crippen LogP contribution >= 0.6 is 15.9 Å². The van der Waals surface area contributed by atoms with E-state index in [1.807, 2.05) is 29.2 Å². The Kier molecular flexibility index (Phi) is 3.12. The summed E-state index contributed by atoms with van der Waals surface area (Å²) in [4.78, 5) is 14.4. The number of furan rings is 1. The third kappa shape index (κ3) is 1.94. The molecule has 0 bridgehead atoms. The Labute approximate surface area is 114 Å². The molecule has 2 aromatic rings. The van der Waals surface area contributed by atoms with Crippen molar-refractivity contribution in [2.75, 3.05) is 18.4 Å². The molecule has 3 rings (SSSR count). The molecule has 1 atom stereocenters. The van der Waals surface area contributed by atoms with Gasteiger partial charge >= 0.3 is 0 Å². The number of para-hydroxylation sites is 1. The Morgan fingerprint density at radius 1 is 1.44 bits per heavy atom. The maximum atomic E-state index is 12.4. The molecule has 4 heteroatoms. The van der Waals surface area contributed by atoms with Crippen molar-refractivity contribution in [2.24, 2.45) is 5.92 Å². The van der Waals surface area contributed by atoms with Crippen molar-refractivity contribution in [1.29, 1.82) is 0 Å². The second kappa shape index (κ2) is 4.76. The number of carbonyl (C=O) groups excluding carboxylic acids is 1. The van der Waals surface area contributed by atoms with Gasteiger partial charge in [0, 0.05) is 23.8 Å². The highest BCUT2D eigenvalue weighted by atomic mass is 79.9. The first-order valence-corrected chi connectivity index (χ1v) is 7.23. The summed E-state index contributed by atoms with van der Waals surface area (Å²) in [6.07, 6.45) is 2.65. The zero-order valence-corrected chi connectivity index (χ0v) is 11.5. The van der Waals surface area contributed by atoms with Crippen LogP contribution in [-0.4, -0.2) is 29.2 Å². The first kappa shape index (κ1) is 11.8. The van der Waals surface area contributed by atoms with Gasteiger partial charge in [0.25, 0.3) is 5.91 Å². The molecule has 0 radical (unpaired) electrons. The molecule has 1 unspecified atom stereocenters. The van der Waals surface area contributed by atoms with Gasteiger partial charge in [-0.05, 0) is 18.4 Å². The Hall–Kier alpha value is -1.29. The molecule has 0 spiro atoms. The molecule has 1 aliphatic heterocycles. The molecular weight excluding hydrogens is 294 g/mol. The second-order valence-electron chi connectivity index (χ2n) is 4.71. The van der Waals surface area contributed by atoms with Crippen LogP contribution in [0.5, 0.6) is 0 Å². The highest BCUT2D eigenvalue weighted by Crippen LogP contribution is 2.25. The number of alkyl halides is 1. The van der Waals surface area contributed by atoms with Gasteiger partial charge in [0.15, 0.2) is 0 Å². The summed E-state index contributed by atoms with van der Waals surface area (Å²) >= 11 is 3.48. The second-order valence-corrected chi connectivity index (χ2v) is 5.35. The van der Waals surface area contributed by atoms with Crippen molar-refractivity contribution >= 4 is 32.8 Å². The van der Waals surface area contributed by atoms with Crippen LogP contribution in [-0.2, 0) is 0 Å². The molecule has 1 aromatic carbocycles. The van der Waals surface area contributed by atoms with Crippen molar-refractivity contribution in [3.63, 3.8) is 0 Å². The Bertz CT molecular complexity index is 578. The van der Waals surface area contributed by atoms with Crippen LogP contribution in [0.2, 0.25) is 0 Å². The van der Waals surface area contributed by atoms with E-state index in [1.54, 1.807) is 6.26 Å². The number of nitrogens with zero attached hydrogens (tertiary/aromatic N) is 1. The Morgan fingerprint density at radius 3 is 3.06 bits per heavy atom. The zero-order valence-electron chi connectivity index (χ0n) is 9.93. The van der Waals surface area contributed by atoms with Gasteiger partial charge in [0.05, 0.1) is 5.56 Å². The van der Waals surface area contributed by atoms with E-state index in [2.05, 4.69) is 15.9 Å². The summed E-state index contributed by atoms with van der Waals surface area (Å²) in [5.74, 6) is 0.663. The van der Waals surface area contributed by atoms with Gasteiger partial charge in [-0.15, -0.1) is 0 Å². The topological polar surface area (TPSA) is 33.5 Å². The highest BCUT2D eigenvalue weighted by Gasteiger charge is 2.27. The molecule has 0 aliphatic carbocycles. The molecule has 2 heterocycles. The van der Waals surface area contributed by atoms with Gasteiger partial charge in [0.2, 0.25) is 0 Å². The van der Waals surface area contributed by atoms with Gasteiger partial charge in [-0.3, -0.25) is 4.79 Å². The summed E-state index contributed by atoms with van der Waals surface area (Å²) < 4.78 is 5.43. The first-order chi connectivity index (χ1) is 8.79. The average molecular weight is 308 g/mol. The van der Waals surface area contributed by atoms with E-state index in [1.165, 1.54) is 0 Å². The normalized spacial score (nSPS) is 19.6. The van der Waals surface area contributed by atoms with E-state index in [0.29, 0.717) is 11.5 Å². The van der Waals surface area contributed by atoms with E-state index in [0.717, 1.165) is 35.8 Å². The number of hydrogen-bond acceptors (Lipinski definition) is 2. The molecule has 0 N–H and O–H groups in total. The molecule has 1 saturated heterocycles. The van der Waals surface area contributed by atoms with E-state index in [-0.39, 0.29) is 5.91 Å². The van der Waals surface area contributed by atoms with Gasteiger partial charge in [0.1, 0.15) is 11.8 Å². The standard InChI is InChI=1S/C14H14BrNO2/c15-7-10-5-6-16(8-10)14(17)12-9-18-13-4-2-1-3-11(12)13/h1-4,9-10H,5-8H2. The zero-order chi connectivity index (χ0) is 12.5. The lowest BCUT2D eigenvalue weighted by molar-refractivity contribution is 0.0789. The summed E-state index contributed by atoms with van der Waals surface area (Å²) in [7, 11) is 0. The molecule has 1 amide bonds. The van der Waals surface area contributed by atoms with E-state index >= 15 is 0 Å². The minimum atomic E-state index is 0.0865. The summed E-state index contributed by atoms with van der Waals surface area (Å²) in [6, 6.07) is 7.66. The first-order valence-electron chi connectivity index (χ1n) is 6.11. The number of benzene rings is 1. The lowest BCUT2D eigenvalue weighted by Gasteiger charge is -2.15. The van der Waals surface area contributed by atoms with Gasteiger partial charge in [-0.1, -0.05) is 34.1 Å². The van der Waals surface area contributed by atoms with E-state index in [4.69, 9.17) is 4.42 Å². The summed E-state index contributed by atoms with van der Waals surface area (Å²) in [5, 5.41) is 1.87. The molecule has 0 saturated carbocycles. The van der Waals surface area contributed by atoms with Crippen molar-refractivity contribution < 1.29 is 9.21 Å². The maximum Gasteiger partial charge on any atom is 0.257 e. The average Bonchev–Trinajstić information content (AvgIpc) is 3.04. The highest BCUT2D eigenvalue weighted by molar-refractivity contribution is 9.09. The summed E-state index contributed by atoms with van der Waals surface area (Å²) in [5.41, 5.74) is 1.46. The van der Waals surface area contributed by atoms with Crippen LogP contribution in [0, 0.1) is 5.92 Å². The minimum Gasteiger partial charge on any atom is -0.463 e. The molecule has 1 fully saturated rings. The number of rotatable bonds is 2. The van der Waals surface area contributed by atoms with E-state index < -0.39 is 0 Å². The van der Waals surface area contributed by atoms with Gasteiger partial charge in [-0.25, -0.2) is 0 Å². The molecular formula is C14H14BrNO2. The molecule has 18 heavy (non-hydrogen) atoms. The van der Waals surface area contributed by atoms with Crippen LogP contribution in [0.3, 0.4) is 0 Å². The third-order valence-corrected chi connectivity index (χ3v) is 4.42. The number of halogens is 1. The lowest BCUT2D eigenvalue weighted by Crippen LogP contribution is -2.28. The van der Waals surface area contributed by atoms with Crippen molar-refractivity contribution in [1.82, 2.24) is 4.90 Å². The van der Waals surface area contributed by atoms with Crippen molar-refractivity contribution in [3.8, 4) is 0 Å². The fourth-order valence-electron chi connectivity index (χ4n) is 2.46. The molecule has 3 nitrogen and oxygen atoms in total. The number of carbonyl (C=O) groups is 1. The third-order valence-electron chi connectivity index (χ3n) is 3.50. The van der Waals surface area contributed by atoms with E-state index in [9.17, 15) is 4.79 Å². The number of likely N-dealkylation sites (tertiary alicyclic amines) is 1. The predicted octanol–water partition coefficient (Wildman–Crippen LogP) is 3.29. The molecule has 94 valence electrons. The monoisotopic (exact) mass is 307 g/mol. The largest absolute Gasteiger partial charge is 0.463 e. The summed E-state index contributed by atoms with van der Waals surface area (Å²) in [6.45, 7) is 1.68. The predicted molar refractivity (Wildman–Crippen MR) is 74.0 cm³/mol. The van der Waals surface area contributed by atoms with Crippen LogP contribution in [0.4, 0.5) is 0 Å². The van der Waals surface area contributed by atoms with Gasteiger partial charge < -0.3 is 9.32 Å². The number of amides is 1. The number of hydrogen-bond donors (Lipinski definition) is 0. The van der Waals surface area contributed by atoms with Crippen molar-refractivity contribution in [2.45, 2.75) is 6.42 Å². The molecule has 1 aliphatic rings. The minimum absolute atomic E-state index is 0.0865. The Balaban J connectivity index is 1.89. The van der Waals surface area contributed by atoms with Crippen LogP contribution in [0.1, 0.15) is 16.8 Å². The van der Waals surface area contributed by atoms with Crippen LogP contribution < -0.4 is 0 Å². The van der Waals surface area contributed by atoms with Crippen LogP contribution in [0.15, 0.2) is 34.9 Å². The van der Waals surface area contributed by atoms with Crippen LogP contribution in [0.25, 0.3) is 11.0 Å². The fourth-order valence-corrected chi connectivity index (χ4v) is 2.99. The Morgan fingerprint density at radius 2 is 2.28 bits per heavy atom. The molecule has 1 aromatic heterocycles. The maximum absolute atomic E-state index is 12.4. The smallest absolute Gasteiger partial charge is 0.257 e. The fraction of sp³-hybridized carbons (Fsp3) is 0.357. The van der Waals surface area contributed by atoms with Gasteiger partial charge in [-0.2, -0.15) is 0 Å².